The highest BCUT2D eigenvalue weighted by atomic mass is 19.4. The highest BCUT2D eigenvalue weighted by molar-refractivity contribution is 5.32. The van der Waals surface area contributed by atoms with Gasteiger partial charge in [-0.1, -0.05) is 18.2 Å². The van der Waals surface area contributed by atoms with Crippen molar-refractivity contribution in [2.24, 2.45) is 0 Å². The Hall–Kier alpha value is -1.10. The first kappa shape index (κ1) is 12.0. The summed E-state index contributed by atoms with van der Waals surface area (Å²) in [7, 11) is 0. The lowest BCUT2D eigenvalue weighted by molar-refractivity contribution is -0.139. The Morgan fingerprint density at radius 1 is 1.20 bits per heavy atom. The third-order valence-electron chi connectivity index (χ3n) is 1.99. The van der Waals surface area contributed by atoms with Gasteiger partial charge in [0.1, 0.15) is 0 Å². The van der Waals surface area contributed by atoms with Gasteiger partial charge in [-0.25, -0.2) is 4.39 Å². The van der Waals surface area contributed by atoms with Gasteiger partial charge in [0.2, 0.25) is 0 Å². The van der Waals surface area contributed by atoms with Gasteiger partial charge in [-0.2, -0.15) is 13.2 Å². The first-order valence-corrected chi connectivity index (χ1v) is 4.32. The molecule has 0 amide bonds. The van der Waals surface area contributed by atoms with Gasteiger partial charge >= 0.3 is 6.18 Å². The number of benzene rings is 1. The van der Waals surface area contributed by atoms with Crippen LogP contribution in [0.25, 0.3) is 0 Å². The highest BCUT2D eigenvalue weighted by Crippen LogP contribution is 2.36. The second-order valence-electron chi connectivity index (χ2n) is 3.23. The maximum Gasteiger partial charge on any atom is 0.416 e. The molecule has 0 aliphatic carbocycles. The average Bonchev–Trinajstić information content (AvgIpc) is 2.15. The van der Waals surface area contributed by atoms with Crippen LogP contribution in [-0.2, 0) is 6.18 Å². The van der Waals surface area contributed by atoms with Crippen molar-refractivity contribution in [2.45, 2.75) is 25.4 Å². The first-order chi connectivity index (χ1) is 6.84. The van der Waals surface area contributed by atoms with Gasteiger partial charge in [0.25, 0.3) is 0 Å². The van der Waals surface area contributed by atoms with Gasteiger partial charge in [0.15, 0.2) is 6.17 Å². The molecule has 0 fully saturated rings. The predicted molar refractivity (Wildman–Crippen MR) is 47.0 cm³/mol. The Morgan fingerprint density at radius 3 is 2.20 bits per heavy atom. The molecule has 0 spiro atoms. The summed E-state index contributed by atoms with van der Waals surface area (Å²) in [5.41, 5.74) is -1.57. The summed E-state index contributed by atoms with van der Waals surface area (Å²) in [6, 6.07) is 4.31. The molecule has 5 heteroatoms. The Morgan fingerprint density at radius 2 is 1.73 bits per heavy atom. The maximum atomic E-state index is 13.3. The van der Waals surface area contributed by atoms with E-state index >= 15 is 0 Å². The van der Waals surface area contributed by atoms with E-state index < -0.39 is 29.6 Å². The minimum atomic E-state index is -4.60. The summed E-state index contributed by atoms with van der Waals surface area (Å²) in [6.45, 7) is 1.11. The summed E-state index contributed by atoms with van der Waals surface area (Å²) >= 11 is 0. The Kier molecular flexibility index (Phi) is 3.34. The first-order valence-electron chi connectivity index (χ1n) is 4.32. The Labute approximate surface area is 84.3 Å². The molecule has 15 heavy (non-hydrogen) atoms. The van der Waals surface area contributed by atoms with Crippen molar-refractivity contribution in [3.63, 3.8) is 0 Å². The van der Waals surface area contributed by atoms with Crippen LogP contribution in [0.2, 0.25) is 0 Å². The van der Waals surface area contributed by atoms with Crippen LogP contribution in [0.3, 0.4) is 0 Å². The van der Waals surface area contributed by atoms with E-state index in [0.717, 1.165) is 19.1 Å². The number of halogens is 4. The molecular formula is C10H10F4O. The summed E-state index contributed by atoms with van der Waals surface area (Å²) in [4.78, 5) is 0. The van der Waals surface area contributed by atoms with Gasteiger partial charge in [-0.05, 0) is 13.0 Å². The summed E-state index contributed by atoms with van der Waals surface area (Å²) in [5.74, 6) is 0. The molecule has 1 aromatic rings. The molecule has 0 aliphatic heterocycles. The van der Waals surface area contributed by atoms with Crippen molar-refractivity contribution in [3.05, 3.63) is 35.4 Å². The molecule has 0 saturated carbocycles. The van der Waals surface area contributed by atoms with Gasteiger partial charge in [-0.15, -0.1) is 0 Å². The molecular weight excluding hydrogens is 212 g/mol. The minimum absolute atomic E-state index is 0.528. The van der Waals surface area contributed by atoms with Crippen LogP contribution in [0.5, 0.6) is 0 Å². The molecule has 84 valence electrons. The molecule has 2 unspecified atom stereocenters. The fourth-order valence-electron chi connectivity index (χ4n) is 1.26. The van der Waals surface area contributed by atoms with Crippen molar-refractivity contribution in [1.82, 2.24) is 0 Å². The lowest BCUT2D eigenvalue weighted by Crippen LogP contribution is -2.16. The van der Waals surface area contributed by atoms with Crippen LogP contribution in [0.4, 0.5) is 17.6 Å². The molecule has 0 heterocycles. The number of alkyl halides is 4. The molecule has 0 aromatic heterocycles. The second kappa shape index (κ2) is 4.18. The van der Waals surface area contributed by atoms with Crippen LogP contribution in [0, 0.1) is 0 Å². The molecule has 2 atom stereocenters. The van der Waals surface area contributed by atoms with E-state index in [4.69, 9.17) is 5.11 Å². The van der Waals surface area contributed by atoms with Crippen molar-refractivity contribution < 1.29 is 22.7 Å². The van der Waals surface area contributed by atoms with Crippen LogP contribution < -0.4 is 0 Å². The van der Waals surface area contributed by atoms with Gasteiger partial charge in [-0.3, -0.25) is 0 Å². The molecule has 0 radical (unpaired) electrons. The van der Waals surface area contributed by atoms with E-state index in [1.165, 1.54) is 12.1 Å². The van der Waals surface area contributed by atoms with Crippen LogP contribution in [-0.4, -0.2) is 11.2 Å². The molecule has 0 saturated heterocycles. The van der Waals surface area contributed by atoms with Gasteiger partial charge in [0, 0.05) is 5.56 Å². The van der Waals surface area contributed by atoms with E-state index in [0.29, 0.717) is 0 Å². The second-order valence-corrected chi connectivity index (χ2v) is 3.23. The minimum Gasteiger partial charge on any atom is -0.390 e. The fraction of sp³-hybridized carbons (Fsp3) is 0.400. The molecule has 0 aliphatic rings. The van der Waals surface area contributed by atoms with E-state index in [1.54, 1.807) is 0 Å². The topological polar surface area (TPSA) is 20.2 Å². The van der Waals surface area contributed by atoms with Gasteiger partial charge in [0.05, 0.1) is 11.7 Å². The van der Waals surface area contributed by atoms with Crippen LogP contribution in [0.15, 0.2) is 24.3 Å². The smallest absolute Gasteiger partial charge is 0.390 e. The lowest BCUT2D eigenvalue weighted by Gasteiger charge is -2.17. The van der Waals surface area contributed by atoms with Crippen molar-refractivity contribution in [1.29, 1.82) is 0 Å². The van der Waals surface area contributed by atoms with Crippen molar-refractivity contribution in [2.75, 3.05) is 0 Å². The summed E-state index contributed by atoms with van der Waals surface area (Å²) in [5, 5.41) is 8.92. The zero-order valence-electron chi connectivity index (χ0n) is 7.92. The normalized spacial score (nSPS) is 16.1. The lowest BCUT2D eigenvalue weighted by atomic mass is 10.00. The highest BCUT2D eigenvalue weighted by Gasteiger charge is 2.35. The SMILES string of the molecule is CC(O)C(F)c1ccccc1C(F)(F)F. The van der Waals surface area contributed by atoms with E-state index in [-0.39, 0.29) is 0 Å². The van der Waals surface area contributed by atoms with Crippen molar-refractivity contribution in [3.8, 4) is 0 Å². The third kappa shape index (κ3) is 2.68. The molecule has 1 N–H and O–H groups in total. The predicted octanol–water partition coefficient (Wildman–Crippen LogP) is 3.10. The zero-order valence-corrected chi connectivity index (χ0v) is 7.92. The van der Waals surface area contributed by atoms with Crippen LogP contribution >= 0.6 is 0 Å². The number of rotatable bonds is 2. The standard InChI is InChI=1S/C10H10F4O/c1-6(15)9(11)7-4-2-3-5-8(7)10(12,13)14/h2-6,9,15H,1H3. The Balaban J connectivity index is 3.18. The number of hydrogen-bond acceptors (Lipinski definition) is 1. The molecule has 1 nitrogen and oxygen atoms in total. The number of aliphatic hydroxyl groups excluding tert-OH is 1. The number of aliphatic hydroxyl groups is 1. The Bertz CT molecular complexity index is 332. The van der Waals surface area contributed by atoms with Crippen LogP contribution in [0.1, 0.15) is 24.2 Å². The summed E-state index contributed by atoms with van der Waals surface area (Å²) in [6.07, 6.45) is -8.09. The quantitative estimate of drug-likeness (QED) is 0.762. The van der Waals surface area contributed by atoms with E-state index in [9.17, 15) is 17.6 Å². The van der Waals surface area contributed by atoms with Gasteiger partial charge < -0.3 is 5.11 Å². The molecule has 1 aromatic carbocycles. The fourth-order valence-corrected chi connectivity index (χ4v) is 1.26. The maximum absolute atomic E-state index is 13.3. The number of hydrogen-bond donors (Lipinski definition) is 1. The monoisotopic (exact) mass is 222 g/mol. The van der Waals surface area contributed by atoms with E-state index in [2.05, 4.69) is 0 Å². The third-order valence-corrected chi connectivity index (χ3v) is 1.99. The summed E-state index contributed by atoms with van der Waals surface area (Å²) < 4.78 is 50.6. The molecule has 0 bridgehead atoms. The van der Waals surface area contributed by atoms with E-state index in [1.807, 2.05) is 0 Å². The average molecular weight is 222 g/mol. The van der Waals surface area contributed by atoms with Crippen molar-refractivity contribution >= 4 is 0 Å². The molecule has 1 rings (SSSR count). The largest absolute Gasteiger partial charge is 0.416 e. The zero-order chi connectivity index (χ0) is 11.6.